The summed E-state index contributed by atoms with van der Waals surface area (Å²) in [7, 11) is 0. The van der Waals surface area contributed by atoms with Gasteiger partial charge in [0.1, 0.15) is 0 Å². The summed E-state index contributed by atoms with van der Waals surface area (Å²) in [6.07, 6.45) is 7.35. The van der Waals surface area contributed by atoms with Gasteiger partial charge in [-0.15, -0.1) is 0 Å². The molecule has 4 aromatic rings. The van der Waals surface area contributed by atoms with E-state index < -0.39 is 4.92 Å². The second kappa shape index (κ2) is 7.67. The van der Waals surface area contributed by atoms with E-state index in [2.05, 4.69) is 15.3 Å². The summed E-state index contributed by atoms with van der Waals surface area (Å²) < 4.78 is 0. The van der Waals surface area contributed by atoms with Gasteiger partial charge in [0.2, 0.25) is 5.82 Å². The van der Waals surface area contributed by atoms with Gasteiger partial charge in [-0.3, -0.25) is 15.1 Å². The number of hydrogen-bond donors (Lipinski definition) is 1. The Kier molecular flexibility index (Phi) is 4.76. The fraction of sp³-hybridized carbons (Fsp3) is 0. The van der Waals surface area contributed by atoms with Crippen LogP contribution in [-0.2, 0) is 0 Å². The quantitative estimate of drug-likeness (QED) is 0.374. The molecule has 0 amide bonds. The van der Waals surface area contributed by atoms with Crippen LogP contribution in [0.1, 0.15) is 11.1 Å². The first-order chi connectivity index (χ1) is 13.7. The van der Waals surface area contributed by atoms with E-state index >= 15 is 0 Å². The van der Waals surface area contributed by atoms with E-state index in [0.717, 1.165) is 27.7 Å². The first-order valence-electron chi connectivity index (χ1n) is 8.69. The summed E-state index contributed by atoms with van der Waals surface area (Å²) in [4.78, 5) is 19.2. The zero-order valence-electron chi connectivity index (χ0n) is 14.8. The Labute approximate surface area is 161 Å². The van der Waals surface area contributed by atoms with E-state index in [0.29, 0.717) is 0 Å². The van der Waals surface area contributed by atoms with Crippen LogP contribution in [0.15, 0.2) is 79.1 Å². The second-order valence-electron chi connectivity index (χ2n) is 6.13. The molecule has 4 rings (SSSR count). The molecule has 136 valence electrons. The van der Waals surface area contributed by atoms with Gasteiger partial charge in [-0.1, -0.05) is 42.5 Å². The van der Waals surface area contributed by atoms with Crippen LogP contribution in [0.2, 0.25) is 0 Å². The van der Waals surface area contributed by atoms with Crippen molar-refractivity contribution < 1.29 is 4.92 Å². The lowest BCUT2D eigenvalue weighted by Gasteiger charge is -2.07. The van der Waals surface area contributed by atoms with Gasteiger partial charge >= 0.3 is 5.69 Å². The molecule has 2 heterocycles. The summed E-state index contributed by atoms with van der Waals surface area (Å²) >= 11 is 0. The molecule has 0 saturated carbocycles. The van der Waals surface area contributed by atoms with Crippen LogP contribution in [0.25, 0.3) is 23.1 Å². The average Bonchev–Trinajstić information content (AvgIpc) is 2.73. The molecule has 6 nitrogen and oxygen atoms in total. The number of hydrogen-bond acceptors (Lipinski definition) is 5. The minimum atomic E-state index is -0.451. The fourth-order valence-corrected chi connectivity index (χ4v) is 2.95. The standard InChI is InChI=1S/C22H16N4O2/c27-26(28)21-9-4-13-24-22(21)25-18-6-3-5-16(15-18)10-11-17-12-14-23-20-8-2-1-7-19(17)20/h1-15H,(H,24,25). The highest BCUT2D eigenvalue weighted by molar-refractivity contribution is 5.90. The minimum Gasteiger partial charge on any atom is -0.334 e. The Bertz CT molecular complexity index is 1180. The molecule has 2 aromatic carbocycles. The lowest BCUT2D eigenvalue weighted by atomic mass is 10.1. The van der Waals surface area contributed by atoms with Gasteiger partial charge in [0.15, 0.2) is 0 Å². The normalized spacial score (nSPS) is 11.0. The number of fused-ring (bicyclic) bond motifs is 1. The lowest BCUT2D eigenvalue weighted by Crippen LogP contribution is -1.99. The van der Waals surface area contributed by atoms with Gasteiger partial charge in [0, 0.05) is 29.5 Å². The molecule has 0 fully saturated rings. The average molecular weight is 368 g/mol. The minimum absolute atomic E-state index is 0.0632. The number of rotatable bonds is 5. The molecule has 0 aliphatic rings. The molecule has 0 bridgehead atoms. The van der Waals surface area contributed by atoms with E-state index in [1.54, 1.807) is 12.3 Å². The smallest absolute Gasteiger partial charge is 0.311 e. The topological polar surface area (TPSA) is 81.0 Å². The van der Waals surface area contributed by atoms with Gasteiger partial charge in [-0.25, -0.2) is 4.98 Å². The fourth-order valence-electron chi connectivity index (χ4n) is 2.95. The third-order valence-electron chi connectivity index (χ3n) is 4.27. The Morgan fingerprint density at radius 3 is 2.68 bits per heavy atom. The molecule has 2 aromatic heterocycles. The van der Waals surface area contributed by atoms with Crippen LogP contribution < -0.4 is 5.32 Å². The molecule has 0 aliphatic heterocycles. The van der Waals surface area contributed by atoms with Crippen molar-refractivity contribution in [1.29, 1.82) is 0 Å². The van der Waals surface area contributed by atoms with E-state index in [1.165, 1.54) is 12.3 Å². The van der Waals surface area contributed by atoms with Crippen molar-refractivity contribution in [3.63, 3.8) is 0 Å². The Morgan fingerprint density at radius 2 is 1.79 bits per heavy atom. The monoisotopic (exact) mass is 368 g/mol. The van der Waals surface area contributed by atoms with E-state index in [1.807, 2.05) is 66.7 Å². The van der Waals surface area contributed by atoms with Crippen molar-refractivity contribution in [3.8, 4) is 0 Å². The van der Waals surface area contributed by atoms with Crippen molar-refractivity contribution in [2.24, 2.45) is 0 Å². The molecular formula is C22H16N4O2. The number of nitrogens with zero attached hydrogens (tertiary/aromatic N) is 3. The highest BCUT2D eigenvalue weighted by Gasteiger charge is 2.13. The Balaban J connectivity index is 1.61. The second-order valence-corrected chi connectivity index (χ2v) is 6.13. The highest BCUT2D eigenvalue weighted by atomic mass is 16.6. The molecule has 28 heavy (non-hydrogen) atoms. The number of pyridine rings is 2. The largest absolute Gasteiger partial charge is 0.334 e. The predicted molar refractivity (Wildman–Crippen MR) is 111 cm³/mol. The number of aromatic nitrogens is 2. The van der Waals surface area contributed by atoms with Gasteiger partial charge in [0.05, 0.1) is 10.4 Å². The number of anilines is 2. The van der Waals surface area contributed by atoms with Gasteiger partial charge in [0.25, 0.3) is 0 Å². The van der Waals surface area contributed by atoms with Crippen LogP contribution in [-0.4, -0.2) is 14.9 Å². The first-order valence-corrected chi connectivity index (χ1v) is 8.69. The van der Waals surface area contributed by atoms with E-state index in [-0.39, 0.29) is 11.5 Å². The number of benzene rings is 2. The van der Waals surface area contributed by atoms with Gasteiger partial charge in [-0.2, -0.15) is 0 Å². The van der Waals surface area contributed by atoms with Crippen LogP contribution in [0.4, 0.5) is 17.2 Å². The van der Waals surface area contributed by atoms with Crippen LogP contribution in [0, 0.1) is 10.1 Å². The Hall–Kier alpha value is -4.06. The lowest BCUT2D eigenvalue weighted by molar-refractivity contribution is -0.384. The zero-order valence-corrected chi connectivity index (χ0v) is 14.8. The summed E-state index contributed by atoms with van der Waals surface area (Å²) in [5.41, 5.74) is 3.64. The van der Waals surface area contributed by atoms with Crippen molar-refractivity contribution in [1.82, 2.24) is 9.97 Å². The third-order valence-corrected chi connectivity index (χ3v) is 4.27. The third kappa shape index (κ3) is 3.71. The summed E-state index contributed by atoms with van der Waals surface area (Å²) in [6, 6.07) is 20.5. The number of nitro groups is 1. The SMILES string of the molecule is O=[N+]([O-])c1cccnc1Nc1cccc(C=Cc2ccnc3ccccc23)c1. The van der Waals surface area contributed by atoms with Crippen molar-refractivity contribution in [2.45, 2.75) is 0 Å². The van der Waals surface area contributed by atoms with Gasteiger partial charge in [-0.05, 0) is 41.5 Å². The number of para-hydroxylation sites is 1. The molecule has 1 N–H and O–H groups in total. The van der Waals surface area contributed by atoms with Crippen LogP contribution in [0.3, 0.4) is 0 Å². The van der Waals surface area contributed by atoms with Crippen LogP contribution >= 0.6 is 0 Å². The van der Waals surface area contributed by atoms with Crippen molar-refractivity contribution in [3.05, 3.63) is 100 Å². The van der Waals surface area contributed by atoms with E-state index in [4.69, 9.17) is 0 Å². The maximum Gasteiger partial charge on any atom is 0.311 e. The van der Waals surface area contributed by atoms with E-state index in [9.17, 15) is 10.1 Å². The first kappa shape index (κ1) is 17.4. The summed E-state index contributed by atoms with van der Waals surface area (Å²) in [6.45, 7) is 0. The van der Waals surface area contributed by atoms with Crippen molar-refractivity contribution in [2.75, 3.05) is 5.32 Å². The zero-order chi connectivity index (χ0) is 19.3. The molecule has 0 radical (unpaired) electrons. The molecular weight excluding hydrogens is 352 g/mol. The highest BCUT2D eigenvalue weighted by Crippen LogP contribution is 2.25. The van der Waals surface area contributed by atoms with Crippen molar-refractivity contribution >= 4 is 40.2 Å². The molecule has 6 heteroatoms. The molecule has 0 unspecified atom stereocenters. The maximum atomic E-state index is 11.2. The molecule has 0 spiro atoms. The summed E-state index contributed by atoms with van der Waals surface area (Å²) in [5, 5.41) is 15.3. The Morgan fingerprint density at radius 1 is 0.893 bits per heavy atom. The van der Waals surface area contributed by atoms with Gasteiger partial charge < -0.3 is 5.32 Å². The molecule has 0 saturated heterocycles. The molecule has 0 atom stereocenters. The predicted octanol–water partition coefficient (Wildman–Crippen LogP) is 5.45. The maximum absolute atomic E-state index is 11.2. The summed E-state index contributed by atoms with van der Waals surface area (Å²) in [5.74, 6) is 0.216. The number of nitrogens with one attached hydrogen (secondary N) is 1. The van der Waals surface area contributed by atoms with Crippen LogP contribution in [0.5, 0.6) is 0 Å². The molecule has 0 aliphatic carbocycles.